The maximum atomic E-state index is 13.1. The van der Waals surface area contributed by atoms with E-state index in [9.17, 15) is 18.0 Å². The zero-order valence-electron chi connectivity index (χ0n) is 22.0. The van der Waals surface area contributed by atoms with Crippen LogP contribution in [0, 0.1) is 0 Å². The average Bonchev–Trinajstić information content (AvgIpc) is 3.53. The second-order valence-corrected chi connectivity index (χ2v) is 11.5. The molecule has 11 heteroatoms. The molecule has 0 spiro atoms. The van der Waals surface area contributed by atoms with Gasteiger partial charge in [-0.1, -0.05) is 24.3 Å². The Morgan fingerprint density at radius 2 is 1.59 bits per heavy atom. The van der Waals surface area contributed by atoms with Crippen molar-refractivity contribution in [1.82, 2.24) is 13.8 Å². The first-order valence-electron chi connectivity index (χ1n) is 12.0. The number of para-hydroxylation sites is 2. The van der Waals surface area contributed by atoms with E-state index in [0.29, 0.717) is 16.9 Å². The van der Waals surface area contributed by atoms with Crippen molar-refractivity contribution < 1.29 is 22.7 Å². The lowest BCUT2D eigenvalue weighted by Gasteiger charge is -2.20. The molecule has 0 bridgehead atoms. The standard InChI is InChI=1S/C28H29N5O5S/c1-28(2,3)38-27(35)31-25-8-6-5-7-24(25)30-26(34)14-9-20-15-16-33(18-20)39(36,37)23-12-10-21(11-13-23)22-17-29-32(4)19-22/h5-19H,1-4H3,(H,30,34)(H,31,35)/b14-9+. The molecule has 2 N–H and O–H groups in total. The van der Waals surface area contributed by atoms with Gasteiger partial charge in [0.05, 0.1) is 22.5 Å². The maximum Gasteiger partial charge on any atom is 0.412 e. The van der Waals surface area contributed by atoms with Gasteiger partial charge >= 0.3 is 6.09 Å². The third-order valence-electron chi connectivity index (χ3n) is 5.41. The Hall–Kier alpha value is -4.64. The van der Waals surface area contributed by atoms with Crippen molar-refractivity contribution in [2.24, 2.45) is 7.05 Å². The highest BCUT2D eigenvalue weighted by atomic mass is 32.2. The van der Waals surface area contributed by atoms with Crippen LogP contribution in [0.15, 0.2) is 90.4 Å². The Bertz CT molecular complexity index is 1630. The molecule has 0 unspecified atom stereocenters. The number of carbonyl (C=O) groups excluding carboxylic acids is 2. The largest absolute Gasteiger partial charge is 0.444 e. The summed E-state index contributed by atoms with van der Waals surface area (Å²) in [5.41, 5.74) is 2.34. The summed E-state index contributed by atoms with van der Waals surface area (Å²) in [6, 6.07) is 14.8. The Morgan fingerprint density at radius 3 is 2.21 bits per heavy atom. The van der Waals surface area contributed by atoms with E-state index in [1.54, 1.807) is 86.2 Å². The summed E-state index contributed by atoms with van der Waals surface area (Å²) >= 11 is 0. The zero-order chi connectivity index (χ0) is 28.2. The Kier molecular flexibility index (Phi) is 7.73. The summed E-state index contributed by atoms with van der Waals surface area (Å²) < 4.78 is 34.2. The van der Waals surface area contributed by atoms with Gasteiger partial charge in [0, 0.05) is 37.3 Å². The van der Waals surface area contributed by atoms with E-state index in [1.165, 1.54) is 24.5 Å². The lowest BCUT2D eigenvalue weighted by Crippen LogP contribution is -2.27. The minimum Gasteiger partial charge on any atom is -0.444 e. The molecular formula is C28H29N5O5S. The van der Waals surface area contributed by atoms with E-state index in [4.69, 9.17) is 4.74 Å². The number of aromatic nitrogens is 3. The van der Waals surface area contributed by atoms with Crippen molar-refractivity contribution in [2.45, 2.75) is 31.3 Å². The molecule has 2 aromatic heterocycles. The van der Waals surface area contributed by atoms with E-state index in [0.717, 1.165) is 15.1 Å². The second kappa shape index (κ2) is 11.0. The van der Waals surface area contributed by atoms with Crippen LogP contribution in [0.2, 0.25) is 0 Å². The maximum absolute atomic E-state index is 13.1. The normalized spacial score (nSPS) is 11.9. The molecule has 2 aromatic carbocycles. The summed E-state index contributed by atoms with van der Waals surface area (Å²) in [7, 11) is -2.01. The fraction of sp³-hybridized carbons (Fsp3) is 0.179. The van der Waals surface area contributed by atoms with Gasteiger partial charge in [0.25, 0.3) is 10.0 Å². The summed E-state index contributed by atoms with van der Waals surface area (Å²) in [4.78, 5) is 24.8. The number of amides is 2. The first-order valence-corrected chi connectivity index (χ1v) is 13.5. The molecule has 0 aliphatic heterocycles. The molecular weight excluding hydrogens is 518 g/mol. The van der Waals surface area contributed by atoms with Crippen LogP contribution in [-0.4, -0.2) is 39.8 Å². The van der Waals surface area contributed by atoms with Crippen LogP contribution >= 0.6 is 0 Å². The molecule has 10 nitrogen and oxygen atoms in total. The molecule has 0 saturated carbocycles. The Morgan fingerprint density at radius 1 is 0.923 bits per heavy atom. The molecule has 39 heavy (non-hydrogen) atoms. The highest BCUT2D eigenvalue weighted by Gasteiger charge is 2.18. The minimum atomic E-state index is -3.82. The quantitative estimate of drug-likeness (QED) is 0.309. The fourth-order valence-electron chi connectivity index (χ4n) is 3.61. The second-order valence-electron chi connectivity index (χ2n) is 9.70. The van der Waals surface area contributed by atoms with Crippen molar-refractivity contribution in [2.75, 3.05) is 10.6 Å². The number of rotatable bonds is 7. The number of ether oxygens (including phenoxy) is 1. The number of hydrogen-bond donors (Lipinski definition) is 2. The van der Waals surface area contributed by atoms with Gasteiger partial charge in [0.15, 0.2) is 0 Å². The van der Waals surface area contributed by atoms with E-state index in [-0.39, 0.29) is 4.90 Å². The number of carbonyl (C=O) groups is 2. The van der Waals surface area contributed by atoms with E-state index in [1.807, 2.05) is 13.2 Å². The van der Waals surface area contributed by atoms with Gasteiger partial charge in [0.2, 0.25) is 5.91 Å². The number of nitrogens with zero attached hydrogens (tertiary/aromatic N) is 3. The lowest BCUT2D eigenvalue weighted by atomic mass is 10.1. The van der Waals surface area contributed by atoms with Gasteiger partial charge < -0.3 is 10.1 Å². The van der Waals surface area contributed by atoms with Crippen LogP contribution in [0.1, 0.15) is 26.3 Å². The van der Waals surface area contributed by atoms with Crippen molar-refractivity contribution in [3.63, 3.8) is 0 Å². The molecule has 4 aromatic rings. The van der Waals surface area contributed by atoms with Crippen LogP contribution in [0.3, 0.4) is 0 Å². The Labute approximate surface area is 227 Å². The molecule has 0 atom stereocenters. The number of nitrogens with one attached hydrogen (secondary N) is 2. The van der Waals surface area contributed by atoms with Crippen molar-refractivity contribution >= 4 is 39.5 Å². The lowest BCUT2D eigenvalue weighted by molar-refractivity contribution is -0.111. The van der Waals surface area contributed by atoms with Gasteiger partial charge in [-0.2, -0.15) is 5.10 Å². The molecule has 4 rings (SSSR count). The van der Waals surface area contributed by atoms with Crippen molar-refractivity contribution in [3.8, 4) is 11.1 Å². The number of aryl methyl sites for hydroxylation is 1. The summed E-state index contributed by atoms with van der Waals surface area (Å²) in [6.07, 6.45) is 8.53. The smallest absolute Gasteiger partial charge is 0.412 e. The third-order valence-corrected chi connectivity index (χ3v) is 7.06. The summed E-state index contributed by atoms with van der Waals surface area (Å²) in [5.74, 6) is -0.463. The average molecular weight is 548 g/mol. The van der Waals surface area contributed by atoms with Crippen LogP contribution < -0.4 is 10.6 Å². The molecule has 0 aliphatic carbocycles. The minimum absolute atomic E-state index is 0.133. The van der Waals surface area contributed by atoms with Crippen molar-refractivity contribution in [1.29, 1.82) is 0 Å². The molecule has 2 amide bonds. The highest BCUT2D eigenvalue weighted by molar-refractivity contribution is 7.90. The van der Waals surface area contributed by atoms with Gasteiger partial charge in [0.1, 0.15) is 5.60 Å². The SMILES string of the molecule is Cn1cc(-c2ccc(S(=O)(=O)n3ccc(/C=C/C(=O)Nc4ccccc4NC(=O)OC(C)(C)C)c3)cc2)cn1. The van der Waals surface area contributed by atoms with Gasteiger partial charge in [-0.3, -0.25) is 14.8 Å². The van der Waals surface area contributed by atoms with E-state index < -0.39 is 27.6 Å². The van der Waals surface area contributed by atoms with Gasteiger partial charge in [-0.25, -0.2) is 17.2 Å². The van der Waals surface area contributed by atoms with E-state index >= 15 is 0 Å². The predicted octanol–water partition coefficient (Wildman–Crippen LogP) is 5.12. The van der Waals surface area contributed by atoms with Crippen LogP contribution in [0.4, 0.5) is 16.2 Å². The fourth-order valence-corrected chi connectivity index (χ4v) is 4.82. The number of benzene rings is 2. The molecule has 202 valence electrons. The number of hydrogen-bond acceptors (Lipinski definition) is 6. The zero-order valence-corrected chi connectivity index (χ0v) is 22.8. The van der Waals surface area contributed by atoms with E-state index in [2.05, 4.69) is 15.7 Å². The molecule has 0 saturated heterocycles. The first-order chi connectivity index (χ1) is 18.4. The van der Waals surface area contributed by atoms with Crippen molar-refractivity contribution in [3.05, 3.63) is 91.0 Å². The summed E-state index contributed by atoms with van der Waals surface area (Å²) in [6.45, 7) is 5.26. The van der Waals surface area contributed by atoms with Crippen LogP contribution in [0.5, 0.6) is 0 Å². The monoisotopic (exact) mass is 547 g/mol. The highest BCUT2D eigenvalue weighted by Crippen LogP contribution is 2.24. The van der Waals surface area contributed by atoms with Gasteiger partial charge in [-0.15, -0.1) is 0 Å². The first kappa shape index (κ1) is 27.4. The molecule has 0 aliphatic rings. The molecule has 0 radical (unpaired) electrons. The predicted molar refractivity (Wildman–Crippen MR) is 150 cm³/mol. The van der Waals surface area contributed by atoms with Crippen LogP contribution in [0.25, 0.3) is 17.2 Å². The van der Waals surface area contributed by atoms with Gasteiger partial charge in [-0.05, 0) is 68.3 Å². The molecule has 0 fully saturated rings. The molecule has 2 heterocycles. The number of anilines is 2. The van der Waals surface area contributed by atoms with Crippen LogP contribution in [-0.2, 0) is 26.6 Å². The topological polar surface area (TPSA) is 124 Å². The summed E-state index contributed by atoms with van der Waals surface area (Å²) in [5, 5.41) is 9.46. The Balaban J connectivity index is 1.42. The third kappa shape index (κ3) is 7.02.